The zero-order valence-electron chi connectivity index (χ0n) is 15.4. The molecule has 1 aromatic carbocycles. The number of benzene rings is 1. The van der Waals surface area contributed by atoms with E-state index >= 15 is 0 Å². The number of ether oxygens (including phenoxy) is 2. The summed E-state index contributed by atoms with van der Waals surface area (Å²) in [5.74, 6) is 0.739. The molecule has 0 saturated carbocycles. The number of carbonyl (C=O) groups is 1. The number of hydrogen-bond donors (Lipinski definition) is 0. The van der Waals surface area contributed by atoms with Crippen LogP contribution in [-0.2, 0) is 14.8 Å². The highest BCUT2D eigenvalue weighted by Crippen LogP contribution is 2.33. The molecule has 7 nitrogen and oxygen atoms in total. The Labute approximate surface area is 149 Å². The molecule has 1 aromatic rings. The first kappa shape index (κ1) is 19.5. The van der Waals surface area contributed by atoms with Gasteiger partial charge >= 0.3 is 0 Å². The van der Waals surface area contributed by atoms with Crippen molar-refractivity contribution in [3.8, 4) is 11.5 Å². The molecule has 0 atom stereocenters. The van der Waals surface area contributed by atoms with Crippen LogP contribution in [0, 0.1) is 12.8 Å². The highest BCUT2D eigenvalue weighted by atomic mass is 32.2. The average molecular weight is 370 g/mol. The summed E-state index contributed by atoms with van der Waals surface area (Å²) in [5.41, 5.74) is 0.797. The highest BCUT2D eigenvalue weighted by Gasteiger charge is 2.33. The summed E-state index contributed by atoms with van der Waals surface area (Å²) in [5, 5.41) is 0. The first-order valence-electron chi connectivity index (χ1n) is 8.24. The van der Waals surface area contributed by atoms with Gasteiger partial charge in [-0.2, -0.15) is 4.31 Å². The van der Waals surface area contributed by atoms with Crippen LogP contribution in [0.3, 0.4) is 0 Å². The zero-order chi connectivity index (χ0) is 18.8. The fourth-order valence-electron chi connectivity index (χ4n) is 2.88. The molecule has 0 bridgehead atoms. The Bertz CT molecular complexity index is 738. The van der Waals surface area contributed by atoms with E-state index in [2.05, 4.69) is 0 Å². The molecule has 0 aromatic heterocycles. The average Bonchev–Trinajstić information content (AvgIpc) is 2.60. The van der Waals surface area contributed by atoms with Crippen molar-refractivity contribution in [1.29, 1.82) is 0 Å². The van der Waals surface area contributed by atoms with Crippen molar-refractivity contribution in [2.24, 2.45) is 5.92 Å². The van der Waals surface area contributed by atoms with Crippen LogP contribution in [0.15, 0.2) is 17.0 Å². The van der Waals surface area contributed by atoms with Crippen molar-refractivity contribution < 1.29 is 22.7 Å². The van der Waals surface area contributed by atoms with Gasteiger partial charge in [-0.1, -0.05) is 13.8 Å². The molecule has 140 valence electrons. The standard InChI is InChI=1S/C17H26N2O5S/c1-12(2)17(20)18-6-8-19(9-7-18)25(21,22)16-11-14(23-4)13(3)10-15(16)24-5/h10-12H,6-9H2,1-5H3. The first-order valence-corrected chi connectivity index (χ1v) is 9.68. The van der Waals surface area contributed by atoms with Gasteiger partial charge in [0.05, 0.1) is 14.2 Å². The van der Waals surface area contributed by atoms with E-state index in [9.17, 15) is 13.2 Å². The quantitative estimate of drug-likeness (QED) is 0.785. The topological polar surface area (TPSA) is 76.2 Å². The third-order valence-corrected chi connectivity index (χ3v) is 6.26. The van der Waals surface area contributed by atoms with E-state index in [1.807, 2.05) is 20.8 Å². The van der Waals surface area contributed by atoms with E-state index in [-0.39, 0.29) is 29.8 Å². The molecule has 1 amide bonds. The molecule has 0 N–H and O–H groups in total. The molecule has 0 unspecified atom stereocenters. The lowest BCUT2D eigenvalue weighted by atomic mass is 10.2. The minimum atomic E-state index is -3.73. The van der Waals surface area contributed by atoms with Crippen LogP contribution in [0.4, 0.5) is 0 Å². The molecular weight excluding hydrogens is 344 g/mol. The number of hydrogen-bond acceptors (Lipinski definition) is 5. The molecule has 1 fully saturated rings. The molecule has 1 heterocycles. The van der Waals surface area contributed by atoms with Crippen LogP contribution >= 0.6 is 0 Å². The number of amides is 1. The zero-order valence-corrected chi connectivity index (χ0v) is 16.2. The fourth-order valence-corrected chi connectivity index (χ4v) is 4.45. The summed E-state index contributed by atoms with van der Waals surface area (Å²) >= 11 is 0. The number of carbonyl (C=O) groups excluding carboxylic acids is 1. The summed E-state index contributed by atoms with van der Waals surface area (Å²) in [6.45, 7) is 6.82. The second-order valence-electron chi connectivity index (χ2n) is 6.36. The Kier molecular flexibility index (Phi) is 5.95. The van der Waals surface area contributed by atoms with Crippen molar-refractivity contribution >= 4 is 15.9 Å². The number of piperazine rings is 1. The van der Waals surface area contributed by atoms with Gasteiger partial charge in [0.25, 0.3) is 0 Å². The molecule has 1 aliphatic rings. The fraction of sp³-hybridized carbons (Fsp3) is 0.588. The van der Waals surface area contributed by atoms with Crippen LogP contribution in [0.25, 0.3) is 0 Å². The maximum absolute atomic E-state index is 13.0. The van der Waals surface area contributed by atoms with Gasteiger partial charge in [-0.15, -0.1) is 0 Å². The van der Waals surface area contributed by atoms with Crippen LogP contribution in [-0.4, -0.2) is 63.9 Å². The lowest BCUT2D eigenvalue weighted by Crippen LogP contribution is -2.51. The van der Waals surface area contributed by atoms with E-state index in [0.29, 0.717) is 24.6 Å². The SMILES string of the molecule is COc1cc(S(=O)(=O)N2CCN(C(=O)C(C)C)CC2)c(OC)cc1C. The number of methoxy groups -OCH3 is 2. The third-order valence-electron chi connectivity index (χ3n) is 4.34. The second-order valence-corrected chi connectivity index (χ2v) is 8.26. The van der Waals surface area contributed by atoms with Gasteiger partial charge in [0.2, 0.25) is 15.9 Å². The van der Waals surface area contributed by atoms with Crippen molar-refractivity contribution in [3.05, 3.63) is 17.7 Å². The minimum absolute atomic E-state index is 0.0478. The van der Waals surface area contributed by atoms with Gasteiger partial charge in [0, 0.05) is 38.2 Å². The maximum Gasteiger partial charge on any atom is 0.247 e. The highest BCUT2D eigenvalue weighted by molar-refractivity contribution is 7.89. The van der Waals surface area contributed by atoms with Crippen LogP contribution in [0.2, 0.25) is 0 Å². The maximum atomic E-state index is 13.0. The Balaban J connectivity index is 2.27. The van der Waals surface area contributed by atoms with Crippen LogP contribution in [0.1, 0.15) is 19.4 Å². The lowest BCUT2D eigenvalue weighted by Gasteiger charge is -2.35. The summed E-state index contributed by atoms with van der Waals surface area (Å²) in [6, 6.07) is 3.15. The Morgan fingerprint density at radius 1 is 1.04 bits per heavy atom. The van der Waals surface area contributed by atoms with E-state index < -0.39 is 10.0 Å². The van der Waals surface area contributed by atoms with Gasteiger partial charge in [-0.3, -0.25) is 4.79 Å². The third kappa shape index (κ3) is 3.90. The van der Waals surface area contributed by atoms with E-state index in [0.717, 1.165) is 5.56 Å². The minimum Gasteiger partial charge on any atom is -0.496 e. The van der Waals surface area contributed by atoms with E-state index in [1.165, 1.54) is 24.6 Å². The summed E-state index contributed by atoms with van der Waals surface area (Å²) in [4.78, 5) is 13.9. The van der Waals surface area contributed by atoms with Crippen LogP contribution < -0.4 is 9.47 Å². The summed E-state index contributed by atoms with van der Waals surface area (Å²) in [7, 11) is -0.788. The normalized spacial score (nSPS) is 16.2. The molecule has 1 saturated heterocycles. The molecule has 0 radical (unpaired) electrons. The monoisotopic (exact) mass is 370 g/mol. The van der Waals surface area contributed by atoms with E-state index in [4.69, 9.17) is 9.47 Å². The number of aryl methyl sites for hydroxylation is 1. The van der Waals surface area contributed by atoms with Crippen molar-refractivity contribution in [3.63, 3.8) is 0 Å². The van der Waals surface area contributed by atoms with Crippen molar-refractivity contribution in [2.45, 2.75) is 25.7 Å². The number of rotatable bonds is 5. The molecule has 8 heteroatoms. The van der Waals surface area contributed by atoms with Gasteiger partial charge in [-0.25, -0.2) is 8.42 Å². The molecule has 1 aliphatic heterocycles. The van der Waals surface area contributed by atoms with Crippen molar-refractivity contribution in [2.75, 3.05) is 40.4 Å². The summed E-state index contributed by atoms with van der Waals surface area (Å²) in [6.07, 6.45) is 0. The van der Waals surface area contributed by atoms with Gasteiger partial charge < -0.3 is 14.4 Å². The largest absolute Gasteiger partial charge is 0.496 e. The van der Waals surface area contributed by atoms with Gasteiger partial charge in [0.1, 0.15) is 16.4 Å². The number of sulfonamides is 1. The van der Waals surface area contributed by atoms with Gasteiger partial charge in [0.15, 0.2) is 0 Å². The molecule has 0 spiro atoms. The smallest absolute Gasteiger partial charge is 0.247 e. The molecule has 0 aliphatic carbocycles. The Hall–Kier alpha value is -1.80. The van der Waals surface area contributed by atoms with Crippen molar-refractivity contribution in [1.82, 2.24) is 9.21 Å². The predicted octanol–water partition coefficient (Wildman–Crippen LogP) is 1.50. The summed E-state index contributed by atoms with van der Waals surface area (Å²) < 4.78 is 38.0. The van der Waals surface area contributed by atoms with Crippen LogP contribution in [0.5, 0.6) is 11.5 Å². The Morgan fingerprint density at radius 3 is 2.08 bits per heavy atom. The lowest BCUT2D eigenvalue weighted by molar-refractivity contribution is -0.135. The number of nitrogens with zero attached hydrogens (tertiary/aromatic N) is 2. The molecular formula is C17H26N2O5S. The second kappa shape index (κ2) is 7.61. The molecule has 2 rings (SSSR count). The Morgan fingerprint density at radius 2 is 1.60 bits per heavy atom. The van der Waals surface area contributed by atoms with Gasteiger partial charge in [-0.05, 0) is 18.6 Å². The predicted molar refractivity (Wildman–Crippen MR) is 94.5 cm³/mol. The first-order chi connectivity index (χ1) is 11.7. The van der Waals surface area contributed by atoms with E-state index in [1.54, 1.807) is 11.0 Å². The molecule has 25 heavy (non-hydrogen) atoms.